The van der Waals surface area contributed by atoms with E-state index >= 15 is 0 Å². The average molecular weight is 382 g/mol. The molecule has 0 aliphatic rings. The molecule has 1 aromatic carbocycles. The number of rotatable bonds is 7. The number of benzene rings is 1. The van der Waals surface area contributed by atoms with Crippen molar-refractivity contribution in [3.05, 3.63) is 29.8 Å². The van der Waals surface area contributed by atoms with Gasteiger partial charge in [0.15, 0.2) is 0 Å². The lowest BCUT2D eigenvalue weighted by Gasteiger charge is -2.25. The summed E-state index contributed by atoms with van der Waals surface area (Å²) >= 11 is 0. The Kier molecular flexibility index (Phi) is 6.54. The zero-order valence-corrected chi connectivity index (χ0v) is 14.2. The number of carbonyl (C=O) groups excluding carboxylic acids is 1. The summed E-state index contributed by atoms with van der Waals surface area (Å²) < 4.78 is 64.0. The first kappa shape index (κ1) is 20.9. The summed E-state index contributed by atoms with van der Waals surface area (Å²) in [6.45, 7) is 1.69. The molecule has 0 unspecified atom stereocenters. The Morgan fingerprint density at radius 2 is 1.88 bits per heavy atom. The summed E-state index contributed by atoms with van der Waals surface area (Å²) in [5, 5.41) is 8.76. The predicted octanol–water partition coefficient (Wildman–Crippen LogP) is 1.31. The Morgan fingerprint density at radius 1 is 1.28 bits per heavy atom. The minimum absolute atomic E-state index is 0.449. The zero-order valence-electron chi connectivity index (χ0n) is 13.4. The van der Waals surface area contributed by atoms with E-state index in [-0.39, 0.29) is 0 Å². The maximum Gasteiger partial charge on any atom is 0.416 e. The van der Waals surface area contributed by atoms with Gasteiger partial charge in [0, 0.05) is 6.04 Å². The van der Waals surface area contributed by atoms with Crippen LogP contribution in [0.15, 0.2) is 29.2 Å². The van der Waals surface area contributed by atoms with Crippen molar-refractivity contribution in [1.29, 1.82) is 0 Å². The number of nitrogens with one attached hydrogen (secondary N) is 1. The first-order valence-corrected chi connectivity index (χ1v) is 8.51. The van der Waals surface area contributed by atoms with Crippen molar-refractivity contribution < 1.29 is 36.3 Å². The molecule has 0 saturated heterocycles. The summed E-state index contributed by atoms with van der Waals surface area (Å²) in [7, 11) is -4.37. The van der Waals surface area contributed by atoms with Crippen LogP contribution in [0.4, 0.5) is 13.2 Å². The summed E-state index contributed by atoms with van der Waals surface area (Å²) in [6, 6.07) is 2.56. The summed E-state index contributed by atoms with van der Waals surface area (Å²) in [4.78, 5) is 23.0. The van der Waals surface area contributed by atoms with E-state index in [9.17, 15) is 31.2 Å². The number of carboxylic acids is 1. The molecule has 0 radical (unpaired) electrons. The molecule has 1 rings (SSSR count). The molecule has 1 amide bonds. The number of nitrogens with zero attached hydrogens (tertiary/aromatic N) is 1. The molecule has 0 spiro atoms. The number of hydrogen-bond donors (Lipinski definition) is 2. The lowest BCUT2D eigenvalue weighted by atomic mass is 10.2. The van der Waals surface area contributed by atoms with Crippen molar-refractivity contribution in [1.82, 2.24) is 9.62 Å². The van der Waals surface area contributed by atoms with Gasteiger partial charge >= 0.3 is 12.1 Å². The lowest BCUT2D eigenvalue weighted by Crippen LogP contribution is -2.45. The summed E-state index contributed by atoms with van der Waals surface area (Å²) in [6.07, 6.45) is -4.71. The average Bonchev–Trinajstić information content (AvgIpc) is 2.49. The fraction of sp³-hybridized carbons (Fsp3) is 0.429. The molecule has 0 bridgehead atoms. The fourth-order valence-corrected chi connectivity index (χ4v) is 2.91. The van der Waals surface area contributed by atoms with Crippen molar-refractivity contribution in [3.63, 3.8) is 0 Å². The number of amides is 1. The second-order valence-corrected chi connectivity index (χ2v) is 7.13. The van der Waals surface area contributed by atoms with E-state index in [1.807, 2.05) is 4.72 Å². The van der Waals surface area contributed by atoms with Crippen LogP contribution in [0.25, 0.3) is 0 Å². The molecule has 7 nitrogen and oxygen atoms in total. The molecule has 0 aromatic heterocycles. The summed E-state index contributed by atoms with van der Waals surface area (Å²) in [5.74, 6) is -2.09. The maximum absolute atomic E-state index is 12.7. The molecule has 0 saturated carbocycles. The van der Waals surface area contributed by atoms with E-state index in [2.05, 4.69) is 0 Å². The highest BCUT2D eigenvalue weighted by Gasteiger charge is 2.32. The Labute approximate surface area is 142 Å². The Bertz CT molecular complexity index is 747. The van der Waals surface area contributed by atoms with E-state index in [4.69, 9.17) is 5.11 Å². The number of aliphatic carboxylic acids is 1. The van der Waals surface area contributed by atoms with E-state index in [1.54, 1.807) is 13.8 Å². The van der Waals surface area contributed by atoms with E-state index in [1.165, 1.54) is 0 Å². The second-order valence-electron chi connectivity index (χ2n) is 5.36. The van der Waals surface area contributed by atoms with Crippen LogP contribution in [-0.2, 0) is 25.8 Å². The van der Waals surface area contributed by atoms with Crippen LogP contribution < -0.4 is 4.72 Å². The molecule has 25 heavy (non-hydrogen) atoms. The van der Waals surface area contributed by atoms with E-state index in [0.717, 1.165) is 23.1 Å². The number of carboxylic acid groups (broad SMARTS) is 1. The van der Waals surface area contributed by atoms with Gasteiger partial charge in [0.05, 0.1) is 17.0 Å². The lowest BCUT2D eigenvalue weighted by molar-refractivity contribution is -0.145. The number of carbonyl (C=O) groups is 2. The molecule has 0 fully saturated rings. The normalized spacial score (nSPS) is 12.2. The third kappa shape index (κ3) is 6.02. The summed E-state index contributed by atoms with van der Waals surface area (Å²) in [5.41, 5.74) is -1.14. The van der Waals surface area contributed by atoms with Gasteiger partial charge in [0.25, 0.3) is 0 Å². The largest absolute Gasteiger partial charge is 0.480 e. The Balaban J connectivity index is 2.92. The Morgan fingerprint density at radius 3 is 2.36 bits per heavy atom. The van der Waals surface area contributed by atoms with Crippen LogP contribution in [0, 0.1) is 0 Å². The van der Waals surface area contributed by atoms with E-state index in [0.29, 0.717) is 6.07 Å². The highest BCUT2D eigenvalue weighted by atomic mass is 32.2. The maximum atomic E-state index is 12.7. The van der Waals surface area contributed by atoms with Gasteiger partial charge in [0.2, 0.25) is 15.9 Å². The second kappa shape index (κ2) is 7.83. The van der Waals surface area contributed by atoms with Crippen LogP contribution in [0.3, 0.4) is 0 Å². The van der Waals surface area contributed by atoms with Crippen LogP contribution in [0.2, 0.25) is 0 Å². The molecule has 0 aliphatic heterocycles. The molecular formula is C14H17F3N2O5S. The van der Waals surface area contributed by atoms with Crippen LogP contribution >= 0.6 is 0 Å². The van der Waals surface area contributed by atoms with Gasteiger partial charge in [-0.05, 0) is 32.0 Å². The zero-order chi connectivity index (χ0) is 19.4. The van der Waals surface area contributed by atoms with Gasteiger partial charge in [-0.2, -0.15) is 13.2 Å². The molecule has 2 N–H and O–H groups in total. The molecule has 0 aliphatic carbocycles. The quantitative estimate of drug-likeness (QED) is 0.740. The van der Waals surface area contributed by atoms with Crippen LogP contribution in [0.5, 0.6) is 0 Å². The number of hydrogen-bond acceptors (Lipinski definition) is 4. The first-order chi connectivity index (χ1) is 11.3. The first-order valence-electron chi connectivity index (χ1n) is 7.03. The third-order valence-corrected chi connectivity index (χ3v) is 4.53. The third-order valence-electron chi connectivity index (χ3n) is 3.13. The number of sulfonamides is 1. The van der Waals surface area contributed by atoms with Gasteiger partial charge in [-0.25, -0.2) is 13.1 Å². The number of halogens is 3. The molecule has 0 atom stereocenters. The van der Waals surface area contributed by atoms with Gasteiger partial charge in [-0.15, -0.1) is 0 Å². The van der Waals surface area contributed by atoms with Gasteiger partial charge in [-0.1, -0.05) is 6.07 Å². The minimum atomic E-state index is -4.71. The standard InChI is InChI=1S/C14H17F3N2O5S/c1-9(2)19(8-13(21)22)12(20)7-18-25(23,24)11-5-3-4-10(6-11)14(15,16)17/h3-6,9,18H,7-8H2,1-2H3,(H,21,22). The molecule has 0 heterocycles. The monoisotopic (exact) mass is 382 g/mol. The topological polar surface area (TPSA) is 104 Å². The smallest absolute Gasteiger partial charge is 0.416 e. The highest BCUT2D eigenvalue weighted by molar-refractivity contribution is 7.89. The fourth-order valence-electron chi connectivity index (χ4n) is 1.89. The van der Waals surface area contributed by atoms with Crippen LogP contribution in [-0.4, -0.2) is 49.4 Å². The Hall–Kier alpha value is -2.14. The van der Waals surface area contributed by atoms with Gasteiger partial charge in [-0.3, -0.25) is 9.59 Å². The van der Waals surface area contributed by atoms with Crippen LogP contribution in [0.1, 0.15) is 19.4 Å². The highest BCUT2D eigenvalue weighted by Crippen LogP contribution is 2.30. The molecule has 140 valence electrons. The van der Waals surface area contributed by atoms with Crippen molar-refractivity contribution >= 4 is 21.9 Å². The van der Waals surface area contributed by atoms with Crippen molar-refractivity contribution in [3.8, 4) is 0 Å². The molecule has 1 aromatic rings. The predicted molar refractivity (Wildman–Crippen MR) is 81.1 cm³/mol. The van der Waals surface area contributed by atoms with E-state index < -0.39 is 57.7 Å². The van der Waals surface area contributed by atoms with Crippen molar-refractivity contribution in [2.75, 3.05) is 13.1 Å². The van der Waals surface area contributed by atoms with Gasteiger partial charge in [0.1, 0.15) is 6.54 Å². The van der Waals surface area contributed by atoms with Crippen molar-refractivity contribution in [2.24, 2.45) is 0 Å². The minimum Gasteiger partial charge on any atom is -0.480 e. The SMILES string of the molecule is CC(C)N(CC(=O)O)C(=O)CNS(=O)(=O)c1cccc(C(F)(F)F)c1. The van der Waals surface area contributed by atoms with Crippen molar-refractivity contribution in [2.45, 2.75) is 31.0 Å². The van der Waals surface area contributed by atoms with Gasteiger partial charge < -0.3 is 10.0 Å². The number of alkyl halides is 3. The molecular weight excluding hydrogens is 365 g/mol. The molecule has 11 heteroatoms.